The van der Waals surface area contributed by atoms with E-state index in [4.69, 9.17) is 0 Å². The number of aliphatic hydroxyl groups excluding tert-OH is 1. The predicted octanol–water partition coefficient (Wildman–Crippen LogP) is 1.44. The lowest BCUT2D eigenvalue weighted by atomic mass is 9.79. The Labute approximate surface area is 125 Å². The molecule has 1 saturated carbocycles. The molecule has 1 aliphatic carbocycles. The molecule has 1 heterocycles. The number of nitrogens with zero attached hydrogens (tertiary/aromatic N) is 2. The summed E-state index contributed by atoms with van der Waals surface area (Å²) < 4.78 is 0. The van der Waals surface area contributed by atoms with E-state index in [2.05, 4.69) is 20.8 Å². The minimum absolute atomic E-state index is 0.204. The maximum absolute atomic E-state index is 11.6. The number of carbonyl (C=O) groups is 1. The first-order chi connectivity index (χ1) is 10.2. The molecule has 116 valence electrons. The van der Waals surface area contributed by atoms with Crippen molar-refractivity contribution in [1.82, 2.24) is 15.5 Å². The Kier molecular flexibility index (Phi) is 5.92. The van der Waals surface area contributed by atoms with Gasteiger partial charge in [0.15, 0.2) is 5.69 Å². The second-order valence-corrected chi connectivity index (χ2v) is 5.53. The lowest BCUT2D eigenvalue weighted by Crippen LogP contribution is -2.29. The predicted molar refractivity (Wildman–Crippen MR) is 81.1 cm³/mol. The first kappa shape index (κ1) is 15.7. The Hall–Kier alpha value is -1.69. The van der Waals surface area contributed by atoms with Gasteiger partial charge in [0.25, 0.3) is 5.91 Å². The van der Waals surface area contributed by atoms with Crippen LogP contribution in [0.2, 0.25) is 0 Å². The topological polar surface area (TPSA) is 87.1 Å². The minimum Gasteiger partial charge on any atom is -0.396 e. The molecule has 1 aliphatic rings. The number of rotatable bonds is 6. The third-order valence-electron chi connectivity index (χ3n) is 4.08. The molecule has 3 N–H and O–H groups in total. The molecular formula is C15H24N4O2. The van der Waals surface area contributed by atoms with Crippen LogP contribution in [0, 0.1) is 11.8 Å². The van der Waals surface area contributed by atoms with Gasteiger partial charge in [-0.15, -0.1) is 10.2 Å². The van der Waals surface area contributed by atoms with Crippen LogP contribution in [0.25, 0.3) is 0 Å². The zero-order valence-corrected chi connectivity index (χ0v) is 12.5. The summed E-state index contributed by atoms with van der Waals surface area (Å²) in [5.74, 6) is 1.33. The standard InChI is InChI=1S/C15H24N4O2/c1-2-16-15(21)13-7-8-14(19-18-13)17-9-11-5-3-4-6-12(11)10-20/h7-8,11-12,20H,2-6,9-10H2,1H3,(H,16,21)(H,17,19). The summed E-state index contributed by atoms with van der Waals surface area (Å²) in [6, 6.07) is 3.44. The fourth-order valence-corrected chi connectivity index (χ4v) is 2.83. The SMILES string of the molecule is CCNC(=O)c1ccc(NCC2CCCCC2CO)nn1. The van der Waals surface area contributed by atoms with Crippen LogP contribution in [-0.2, 0) is 0 Å². The van der Waals surface area contributed by atoms with Gasteiger partial charge in [-0.25, -0.2) is 0 Å². The summed E-state index contributed by atoms with van der Waals surface area (Å²) in [5, 5.41) is 23.3. The Morgan fingerprint density at radius 3 is 2.67 bits per heavy atom. The van der Waals surface area contributed by atoms with Crippen LogP contribution in [-0.4, -0.2) is 40.9 Å². The minimum atomic E-state index is -0.204. The van der Waals surface area contributed by atoms with E-state index in [1.165, 1.54) is 12.8 Å². The maximum Gasteiger partial charge on any atom is 0.271 e. The average Bonchev–Trinajstić information content (AvgIpc) is 2.54. The van der Waals surface area contributed by atoms with Crippen LogP contribution >= 0.6 is 0 Å². The third kappa shape index (κ3) is 4.39. The Bertz CT molecular complexity index is 449. The van der Waals surface area contributed by atoms with Crippen molar-refractivity contribution in [1.29, 1.82) is 0 Å². The highest BCUT2D eigenvalue weighted by atomic mass is 16.3. The molecular weight excluding hydrogens is 268 g/mol. The fourth-order valence-electron chi connectivity index (χ4n) is 2.83. The highest BCUT2D eigenvalue weighted by molar-refractivity contribution is 5.92. The normalized spacial score (nSPS) is 21.8. The van der Waals surface area contributed by atoms with E-state index in [1.807, 2.05) is 6.92 Å². The molecule has 6 nitrogen and oxygen atoms in total. The molecule has 6 heteroatoms. The van der Waals surface area contributed by atoms with Crippen LogP contribution in [0.1, 0.15) is 43.1 Å². The van der Waals surface area contributed by atoms with E-state index < -0.39 is 0 Å². The van der Waals surface area contributed by atoms with Gasteiger partial charge in [-0.2, -0.15) is 0 Å². The highest BCUT2D eigenvalue weighted by Gasteiger charge is 2.24. The number of anilines is 1. The first-order valence-electron chi connectivity index (χ1n) is 7.71. The van der Waals surface area contributed by atoms with Gasteiger partial charge >= 0.3 is 0 Å². The molecule has 2 rings (SSSR count). The quantitative estimate of drug-likeness (QED) is 0.738. The molecule has 0 bridgehead atoms. The average molecular weight is 292 g/mol. The van der Waals surface area contributed by atoms with Gasteiger partial charge in [-0.1, -0.05) is 12.8 Å². The Morgan fingerprint density at radius 2 is 2.05 bits per heavy atom. The number of carbonyl (C=O) groups excluding carboxylic acids is 1. The molecule has 2 unspecified atom stereocenters. The molecule has 0 saturated heterocycles. The molecule has 0 aliphatic heterocycles. The van der Waals surface area contributed by atoms with Gasteiger partial charge in [-0.3, -0.25) is 4.79 Å². The summed E-state index contributed by atoms with van der Waals surface area (Å²) in [7, 11) is 0. The van der Waals surface area contributed by atoms with E-state index >= 15 is 0 Å². The van der Waals surface area contributed by atoms with Gasteiger partial charge in [0.2, 0.25) is 0 Å². The summed E-state index contributed by atoms with van der Waals surface area (Å²) >= 11 is 0. The smallest absolute Gasteiger partial charge is 0.271 e. The number of aromatic nitrogens is 2. The monoisotopic (exact) mass is 292 g/mol. The van der Waals surface area contributed by atoms with Crippen molar-refractivity contribution in [2.45, 2.75) is 32.6 Å². The summed E-state index contributed by atoms with van der Waals surface area (Å²) in [4.78, 5) is 11.6. The van der Waals surface area contributed by atoms with Crippen LogP contribution < -0.4 is 10.6 Å². The Balaban J connectivity index is 1.87. The van der Waals surface area contributed by atoms with Crippen molar-refractivity contribution in [2.24, 2.45) is 11.8 Å². The van der Waals surface area contributed by atoms with Gasteiger partial charge in [0.05, 0.1) is 0 Å². The van der Waals surface area contributed by atoms with Crippen LogP contribution in [0.5, 0.6) is 0 Å². The molecule has 1 aromatic rings. The summed E-state index contributed by atoms with van der Waals surface area (Å²) in [6.45, 7) is 3.49. The van der Waals surface area contributed by atoms with Gasteiger partial charge in [0, 0.05) is 19.7 Å². The van der Waals surface area contributed by atoms with Gasteiger partial charge in [0.1, 0.15) is 5.82 Å². The molecule has 0 radical (unpaired) electrons. The molecule has 1 aromatic heterocycles. The van der Waals surface area contributed by atoms with Crippen molar-refractivity contribution in [2.75, 3.05) is 25.0 Å². The van der Waals surface area contributed by atoms with Crippen LogP contribution in [0.15, 0.2) is 12.1 Å². The van der Waals surface area contributed by atoms with E-state index in [0.717, 1.165) is 19.4 Å². The van der Waals surface area contributed by atoms with Crippen LogP contribution in [0.3, 0.4) is 0 Å². The molecule has 1 amide bonds. The zero-order chi connectivity index (χ0) is 15.1. The Morgan fingerprint density at radius 1 is 1.29 bits per heavy atom. The fraction of sp³-hybridized carbons (Fsp3) is 0.667. The van der Waals surface area contributed by atoms with E-state index in [-0.39, 0.29) is 12.5 Å². The van der Waals surface area contributed by atoms with Gasteiger partial charge < -0.3 is 15.7 Å². The van der Waals surface area contributed by atoms with Gasteiger partial charge in [-0.05, 0) is 43.7 Å². The van der Waals surface area contributed by atoms with E-state index in [1.54, 1.807) is 12.1 Å². The van der Waals surface area contributed by atoms with Crippen LogP contribution in [0.4, 0.5) is 5.82 Å². The van der Waals surface area contributed by atoms with E-state index in [9.17, 15) is 9.90 Å². The zero-order valence-electron chi connectivity index (χ0n) is 12.5. The molecule has 21 heavy (non-hydrogen) atoms. The maximum atomic E-state index is 11.6. The second-order valence-electron chi connectivity index (χ2n) is 5.53. The van der Waals surface area contributed by atoms with E-state index in [0.29, 0.717) is 29.9 Å². The molecule has 2 atom stereocenters. The highest BCUT2D eigenvalue weighted by Crippen LogP contribution is 2.29. The van der Waals surface area contributed by atoms with Crippen molar-refractivity contribution >= 4 is 11.7 Å². The molecule has 0 spiro atoms. The number of nitrogens with one attached hydrogen (secondary N) is 2. The second kappa shape index (κ2) is 7.93. The van der Waals surface area contributed by atoms with Crippen molar-refractivity contribution in [3.05, 3.63) is 17.8 Å². The number of amides is 1. The summed E-state index contributed by atoms with van der Waals surface area (Å²) in [5.41, 5.74) is 0.327. The molecule has 0 aromatic carbocycles. The van der Waals surface area contributed by atoms with Crippen molar-refractivity contribution < 1.29 is 9.90 Å². The number of aliphatic hydroxyl groups is 1. The van der Waals surface area contributed by atoms with Crippen molar-refractivity contribution in [3.8, 4) is 0 Å². The summed E-state index contributed by atoms with van der Waals surface area (Å²) in [6.07, 6.45) is 4.68. The molecule has 1 fully saturated rings. The number of hydrogen-bond acceptors (Lipinski definition) is 5. The lowest BCUT2D eigenvalue weighted by molar-refractivity contribution is 0.0950. The first-order valence-corrected chi connectivity index (χ1v) is 7.71. The van der Waals surface area contributed by atoms with Crippen molar-refractivity contribution in [3.63, 3.8) is 0 Å². The lowest BCUT2D eigenvalue weighted by Gasteiger charge is -2.30. The third-order valence-corrected chi connectivity index (χ3v) is 4.08. The largest absolute Gasteiger partial charge is 0.396 e. The number of hydrogen-bond donors (Lipinski definition) is 3.